The van der Waals surface area contributed by atoms with Crippen LogP contribution in [0.3, 0.4) is 0 Å². The van der Waals surface area contributed by atoms with Gasteiger partial charge in [0.15, 0.2) is 0 Å². The van der Waals surface area contributed by atoms with Crippen molar-refractivity contribution in [3.05, 3.63) is 17.7 Å². The van der Waals surface area contributed by atoms with Crippen LogP contribution in [0.2, 0.25) is 0 Å². The maximum absolute atomic E-state index is 12.8. The second kappa shape index (κ2) is 5.47. The lowest BCUT2D eigenvalue weighted by atomic mass is 10.0. The van der Waals surface area contributed by atoms with Gasteiger partial charge in [-0.3, -0.25) is 0 Å². The van der Waals surface area contributed by atoms with Crippen LogP contribution in [0.1, 0.15) is 18.4 Å². The third-order valence-electron chi connectivity index (χ3n) is 3.68. The van der Waals surface area contributed by atoms with Crippen LogP contribution >= 0.6 is 0 Å². The number of piperidine rings is 1. The third kappa shape index (κ3) is 3.33. The van der Waals surface area contributed by atoms with Gasteiger partial charge in [0, 0.05) is 19.1 Å². The van der Waals surface area contributed by atoms with E-state index in [1.165, 1.54) is 0 Å². The number of rotatable bonds is 2. The molecule has 0 amide bonds. The van der Waals surface area contributed by atoms with Crippen molar-refractivity contribution in [2.45, 2.75) is 25.1 Å². The van der Waals surface area contributed by atoms with Crippen molar-refractivity contribution in [2.75, 3.05) is 37.8 Å². The Hall–Kier alpha value is -1.50. The highest BCUT2D eigenvalue weighted by atomic mass is 19.4. The van der Waals surface area contributed by atoms with Gasteiger partial charge < -0.3 is 15.5 Å². The minimum Gasteiger partial charge on any atom is -0.384 e. The Morgan fingerprint density at radius 1 is 1.25 bits per heavy atom. The third-order valence-corrected chi connectivity index (χ3v) is 3.68. The number of anilines is 2. The molecule has 7 heteroatoms. The summed E-state index contributed by atoms with van der Waals surface area (Å²) in [6, 6.07) is 2.41. The van der Waals surface area contributed by atoms with E-state index in [2.05, 4.69) is 9.88 Å². The molecular weight excluding hydrogens is 269 g/mol. The molecule has 1 aromatic rings. The van der Waals surface area contributed by atoms with Gasteiger partial charge in [-0.05, 0) is 39.1 Å². The largest absolute Gasteiger partial charge is 0.416 e. The smallest absolute Gasteiger partial charge is 0.384 e. The van der Waals surface area contributed by atoms with Gasteiger partial charge >= 0.3 is 6.18 Å². The molecule has 0 aromatic carbocycles. The van der Waals surface area contributed by atoms with E-state index in [-0.39, 0.29) is 5.82 Å². The molecule has 2 N–H and O–H groups in total. The second-order valence-corrected chi connectivity index (χ2v) is 5.32. The van der Waals surface area contributed by atoms with Gasteiger partial charge in [0.2, 0.25) is 0 Å². The fourth-order valence-corrected chi connectivity index (χ4v) is 2.47. The maximum Gasteiger partial charge on any atom is 0.416 e. The fraction of sp³-hybridized carbons (Fsp3) is 0.615. The zero-order chi connectivity index (χ0) is 14.9. The first-order valence-corrected chi connectivity index (χ1v) is 6.53. The number of nitrogen functional groups attached to an aromatic ring is 1. The van der Waals surface area contributed by atoms with E-state index >= 15 is 0 Å². The van der Waals surface area contributed by atoms with Crippen molar-refractivity contribution in [3.8, 4) is 0 Å². The molecule has 0 unspecified atom stereocenters. The van der Waals surface area contributed by atoms with Gasteiger partial charge in [-0.1, -0.05) is 0 Å². The fourth-order valence-electron chi connectivity index (χ4n) is 2.47. The van der Waals surface area contributed by atoms with Gasteiger partial charge in [-0.2, -0.15) is 13.2 Å². The van der Waals surface area contributed by atoms with E-state index < -0.39 is 11.7 Å². The highest BCUT2D eigenvalue weighted by Crippen LogP contribution is 2.33. The predicted octanol–water partition coefficient (Wildman–Crippen LogP) is 2.21. The highest BCUT2D eigenvalue weighted by Gasteiger charge is 2.32. The summed E-state index contributed by atoms with van der Waals surface area (Å²) in [4.78, 5) is 8.04. The van der Waals surface area contributed by atoms with Crippen LogP contribution in [0, 0.1) is 0 Å². The van der Waals surface area contributed by atoms with Crippen LogP contribution in [0.25, 0.3) is 0 Å². The Kier molecular flexibility index (Phi) is 4.08. The molecule has 0 bridgehead atoms. The number of halogens is 3. The summed E-state index contributed by atoms with van der Waals surface area (Å²) >= 11 is 0. The predicted molar refractivity (Wildman–Crippen MR) is 72.6 cm³/mol. The molecule has 1 fully saturated rings. The van der Waals surface area contributed by atoms with Crippen LogP contribution in [-0.4, -0.2) is 43.1 Å². The van der Waals surface area contributed by atoms with Crippen LogP contribution in [0.5, 0.6) is 0 Å². The van der Waals surface area contributed by atoms with E-state index in [1.54, 1.807) is 0 Å². The molecule has 1 aromatic heterocycles. The van der Waals surface area contributed by atoms with Crippen molar-refractivity contribution in [2.24, 2.45) is 0 Å². The molecule has 0 aliphatic carbocycles. The molecule has 20 heavy (non-hydrogen) atoms. The minimum absolute atomic E-state index is 0.0930. The Morgan fingerprint density at radius 3 is 2.35 bits per heavy atom. The Balaban J connectivity index is 2.16. The summed E-state index contributed by atoms with van der Waals surface area (Å²) in [6.45, 7) is 1.38. The number of aromatic nitrogens is 1. The van der Waals surface area contributed by atoms with Gasteiger partial charge in [0.25, 0.3) is 0 Å². The first-order chi connectivity index (χ1) is 9.27. The lowest BCUT2D eigenvalue weighted by Crippen LogP contribution is -2.42. The van der Waals surface area contributed by atoms with E-state index in [4.69, 9.17) is 5.73 Å². The molecule has 4 nitrogen and oxygen atoms in total. The SMILES string of the molecule is CN(C)C1CCN(c2cc(C(F)(F)F)cc(N)n2)CC1. The van der Waals surface area contributed by atoms with Crippen molar-refractivity contribution in [3.63, 3.8) is 0 Å². The van der Waals surface area contributed by atoms with Crippen LogP contribution in [0.15, 0.2) is 12.1 Å². The van der Waals surface area contributed by atoms with Crippen LogP contribution in [-0.2, 0) is 6.18 Å². The standard InChI is InChI=1S/C13H19F3N4/c1-19(2)10-3-5-20(6-4-10)12-8-9(13(14,15)16)7-11(17)18-12/h7-8,10H,3-6H2,1-2H3,(H2,17,18). The molecule has 0 saturated carbocycles. The summed E-state index contributed by atoms with van der Waals surface area (Å²) in [5, 5.41) is 0. The molecule has 2 heterocycles. The quantitative estimate of drug-likeness (QED) is 0.906. The minimum atomic E-state index is -4.40. The topological polar surface area (TPSA) is 45.4 Å². The molecule has 0 spiro atoms. The Bertz CT molecular complexity index is 465. The molecule has 0 atom stereocenters. The van der Waals surface area contributed by atoms with Gasteiger partial charge in [-0.25, -0.2) is 4.98 Å². The molecule has 1 aliphatic heterocycles. The van der Waals surface area contributed by atoms with Crippen molar-refractivity contribution >= 4 is 11.6 Å². The average Bonchev–Trinajstić information content (AvgIpc) is 2.37. The zero-order valence-corrected chi connectivity index (χ0v) is 11.6. The van der Waals surface area contributed by atoms with E-state index in [1.807, 2.05) is 19.0 Å². The summed E-state index contributed by atoms with van der Waals surface area (Å²) in [7, 11) is 4.03. The summed E-state index contributed by atoms with van der Waals surface area (Å²) in [5.74, 6) is 0.221. The van der Waals surface area contributed by atoms with E-state index in [9.17, 15) is 13.2 Å². The van der Waals surface area contributed by atoms with Gasteiger partial charge in [0.1, 0.15) is 11.6 Å². The zero-order valence-electron chi connectivity index (χ0n) is 11.6. The van der Waals surface area contributed by atoms with Crippen molar-refractivity contribution in [1.29, 1.82) is 0 Å². The maximum atomic E-state index is 12.8. The van der Waals surface area contributed by atoms with Gasteiger partial charge in [-0.15, -0.1) is 0 Å². The molecule has 2 rings (SSSR count). The lowest BCUT2D eigenvalue weighted by Gasteiger charge is -2.36. The molecule has 0 radical (unpaired) electrons. The molecule has 112 valence electrons. The normalized spacial score (nSPS) is 17.8. The monoisotopic (exact) mass is 288 g/mol. The van der Waals surface area contributed by atoms with Crippen molar-refractivity contribution < 1.29 is 13.2 Å². The lowest BCUT2D eigenvalue weighted by molar-refractivity contribution is -0.137. The van der Waals surface area contributed by atoms with Crippen LogP contribution < -0.4 is 10.6 Å². The number of pyridine rings is 1. The number of nitrogens with two attached hydrogens (primary N) is 1. The Morgan fingerprint density at radius 2 is 1.85 bits per heavy atom. The van der Waals surface area contributed by atoms with Crippen molar-refractivity contribution in [1.82, 2.24) is 9.88 Å². The number of hydrogen-bond acceptors (Lipinski definition) is 4. The summed E-state index contributed by atoms with van der Waals surface area (Å²) in [6.07, 6.45) is -2.58. The first kappa shape index (κ1) is 14.9. The molecule has 1 saturated heterocycles. The highest BCUT2D eigenvalue weighted by molar-refractivity contribution is 5.49. The second-order valence-electron chi connectivity index (χ2n) is 5.32. The summed E-state index contributed by atoms with van der Waals surface area (Å²) < 4.78 is 38.3. The van der Waals surface area contributed by atoms with E-state index in [0.29, 0.717) is 24.9 Å². The summed E-state index contributed by atoms with van der Waals surface area (Å²) in [5.41, 5.74) is 4.75. The number of nitrogens with zero attached hydrogens (tertiary/aromatic N) is 3. The van der Waals surface area contributed by atoms with Crippen LogP contribution in [0.4, 0.5) is 24.8 Å². The number of hydrogen-bond donors (Lipinski definition) is 1. The average molecular weight is 288 g/mol. The van der Waals surface area contributed by atoms with Gasteiger partial charge in [0.05, 0.1) is 5.56 Å². The first-order valence-electron chi connectivity index (χ1n) is 6.53. The van der Waals surface area contributed by atoms with E-state index in [0.717, 1.165) is 25.0 Å². The number of alkyl halides is 3. The molecular formula is C13H19F3N4. The molecule has 1 aliphatic rings. The Labute approximate surface area is 116 Å².